The molecule has 5 aromatic rings. The van der Waals surface area contributed by atoms with Crippen molar-refractivity contribution in [2.24, 2.45) is 5.92 Å². The third-order valence-electron chi connectivity index (χ3n) is 7.73. The van der Waals surface area contributed by atoms with Crippen molar-refractivity contribution in [2.75, 3.05) is 55.8 Å². The third kappa shape index (κ3) is 5.19. The van der Waals surface area contributed by atoms with Gasteiger partial charge in [-0.05, 0) is 24.8 Å². The van der Waals surface area contributed by atoms with E-state index in [-0.39, 0.29) is 5.56 Å². The third-order valence-corrected chi connectivity index (χ3v) is 8.76. The van der Waals surface area contributed by atoms with Crippen molar-refractivity contribution in [1.29, 1.82) is 0 Å². The summed E-state index contributed by atoms with van der Waals surface area (Å²) in [5.41, 5.74) is 4.55. The number of hydrogen-bond donors (Lipinski definition) is 3. The molecule has 0 atom stereocenters. The van der Waals surface area contributed by atoms with Crippen LogP contribution < -0.4 is 20.0 Å². The van der Waals surface area contributed by atoms with Crippen LogP contribution in [0.3, 0.4) is 0 Å². The summed E-state index contributed by atoms with van der Waals surface area (Å²) < 4.78 is 13.0. The van der Waals surface area contributed by atoms with E-state index in [0.717, 1.165) is 76.6 Å². The molecule has 0 spiro atoms. The van der Waals surface area contributed by atoms with Crippen LogP contribution >= 0.6 is 11.3 Å². The first kappa shape index (κ1) is 26.5. The monoisotopic (exact) mass is 587 g/mol. The number of hydroxylamine groups is 1. The molecule has 0 bridgehead atoms. The molecule has 2 aliphatic rings. The molecule has 0 saturated carbocycles. The Bertz CT molecular complexity index is 1710. The van der Waals surface area contributed by atoms with E-state index >= 15 is 0 Å². The average molecular weight is 588 g/mol. The maximum Gasteiger partial charge on any atom is 0.277 e. The van der Waals surface area contributed by atoms with E-state index in [1.54, 1.807) is 16.8 Å². The summed E-state index contributed by atoms with van der Waals surface area (Å²) in [6.45, 7) is 5.07. The van der Waals surface area contributed by atoms with Crippen molar-refractivity contribution < 1.29 is 19.5 Å². The Balaban J connectivity index is 1.07. The molecule has 0 aliphatic carbocycles. The predicted molar refractivity (Wildman–Crippen MR) is 157 cm³/mol. The first-order valence-electron chi connectivity index (χ1n) is 13.9. The minimum absolute atomic E-state index is 0.208. The lowest BCUT2D eigenvalue weighted by Gasteiger charge is -2.31. The predicted octanol–water partition coefficient (Wildman–Crippen LogP) is 3.28. The molecule has 13 nitrogen and oxygen atoms in total. The van der Waals surface area contributed by atoms with Crippen molar-refractivity contribution in [2.45, 2.75) is 12.8 Å². The molecule has 216 valence electrons. The highest BCUT2D eigenvalue weighted by Gasteiger charge is 2.24. The summed E-state index contributed by atoms with van der Waals surface area (Å²) >= 11 is 1.59. The number of amides is 1. The van der Waals surface area contributed by atoms with Crippen LogP contribution in [0.4, 0.5) is 11.8 Å². The number of piperidine rings is 1. The zero-order chi connectivity index (χ0) is 28.5. The lowest BCUT2D eigenvalue weighted by atomic mass is 9.98. The van der Waals surface area contributed by atoms with Crippen molar-refractivity contribution in [3.8, 4) is 16.5 Å². The summed E-state index contributed by atoms with van der Waals surface area (Å²) in [5.74, 6) is 1.91. The van der Waals surface area contributed by atoms with E-state index in [1.807, 2.05) is 30.5 Å². The number of nitrogens with one attached hydrogen (secondary N) is 2. The number of rotatable bonds is 7. The number of benzene rings is 1. The summed E-state index contributed by atoms with van der Waals surface area (Å²) in [4.78, 5) is 34.5. The molecule has 42 heavy (non-hydrogen) atoms. The zero-order valence-corrected chi connectivity index (χ0v) is 23.5. The van der Waals surface area contributed by atoms with Gasteiger partial charge in [0.1, 0.15) is 0 Å². The molecule has 0 unspecified atom stereocenters. The van der Waals surface area contributed by atoms with Gasteiger partial charge in [-0.15, -0.1) is 0 Å². The molecule has 2 fully saturated rings. The van der Waals surface area contributed by atoms with Gasteiger partial charge in [0.2, 0.25) is 5.95 Å². The Morgan fingerprint density at radius 1 is 1.10 bits per heavy atom. The van der Waals surface area contributed by atoms with E-state index in [1.165, 1.54) is 12.4 Å². The highest BCUT2D eigenvalue weighted by atomic mass is 32.1. The van der Waals surface area contributed by atoms with E-state index < -0.39 is 5.91 Å². The number of fused-ring (bicyclic) bond motifs is 2. The van der Waals surface area contributed by atoms with Crippen molar-refractivity contribution in [1.82, 2.24) is 35.6 Å². The standard InChI is InChI=1S/C28H29N9O4S/c38-27(35-39)18-13-29-28(30-14-18)37-6-4-17(5-7-37)16-41-23-12-22-24(42-23)26(36-8-10-40-11-9-36)33-25(32-22)19-2-1-3-21-20(19)15-31-34-21/h1-3,12-15,17,39H,4-11,16H2,(H,31,34)(H,35,38). The number of carbonyl (C=O) groups excluding carboxylic acids is 1. The van der Waals surface area contributed by atoms with Gasteiger partial charge < -0.3 is 19.3 Å². The van der Waals surface area contributed by atoms with Crippen molar-refractivity contribution in [3.63, 3.8) is 0 Å². The largest absolute Gasteiger partial charge is 0.484 e. The summed E-state index contributed by atoms with van der Waals surface area (Å²) in [7, 11) is 0. The van der Waals surface area contributed by atoms with Gasteiger partial charge in [0.15, 0.2) is 16.7 Å². The average Bonchev–Trinajstić information content (AvgIpc) is 3.71. The van der Waals surface area contributed by atoms with Gasteiger partial charge in [-0.3, -0.25) is 15.1 Å². The molecule has 2 aliphatic heterocycles. The minimum Gasteiger partial charge on any atom is -0.484 e. The maximum absolute atomic E-state index is 11.5. The molecule has 4 aromatic heterocycles. The van der Waals surface area contributed by atoms with Gasteiger partial charge in [0.05, 0.1) is 47.3 Å². The highest BCUT2D eigenvalue weighted by molar-refractivity contribution is 7.21. The quantitative estimate of drug-likeness (QED) is 0.190. The molecule has 1 amide bonds. The number of aromatic amines is 1. The fraction of sp³-hybridized carbons (Fsp3) is 0.357. The fourth-order valence-corrected chi connectivity index (χ4v) is 6.38. The molecule has 3 N–H and O–H groups in total. The van der Waals surface area contributed by atoms with Crippen LogP contribution in [0.25, 0.3) is 32.5 Å². The number of H-pyrrole nitrogens is 1. The van der Waals surface area contributed by atoms with Gasteiger partial charge in [-0.2, -0.15) is 5.10 Å². The summed E-state index contributed by atoms with van der Waals surface area (Å²) in [5, 5.41) is 17.8. The highest BCUT2D eigenvalue weighted by Crippen LogP contribution is 2.39. The first-order valence-corrected chi connectivity index (χ1v) is 14.7. The Kier molecular flexibility index (Phi) is 7.23. The van der Waals surface area contributed by atoms with Gasteiger partial charge in [0.25, 0.3) is 5.91 Å². The number of carbonyl (C=O) groups is 1. The Morgan fingerprint density at radius 2 is 1.90 bits per heavy atom. The van der Waals surface area contributed by atoms with E-state index in [4.69, 9.17) is 24.6 Å². The summed E-state index contributed by atoms with van der Waals surface area (Å²) in [6.07, 6.45) is 6.52. The lowest BCUT2D eigenvalue weighted by molar-refractivity contribution is 0.0705. The second-order valence-electron chi connectivity index (χ2n) is 10.3. The van der Waals surface area contributed by atoms with Crippen LogP contribution in [0.1, 0.15) is 23.2 Å². The number of anilines is 2. The summed E-state index contributed by atoms with van der Waals surface area (Å²) in [6, 6.07) is 8.04. The molecular weight excluding hydrogens is 558 g/mol. The van der Waals surface area contributed by atoms with Crippen LogP contribution in [-0.2, 0) is 4.74 Å². The van der Waals surface area contributed by atoms with Crippen LogP contribution in [0.5, 0.6) is 5.06 Å². The van der Waals surface area contributed by atoms with Crippen LogP contribution in [0.15, 0.2) is 42.9 Å². The molecule has 0 radical (unpaired) electrons. The van der Waals surface area contributed by atoms with E-state index in [2.05, 4.69) is 30.0 Å². The van der Waals surface area contributed by atoms with Gasteiger partial charge in [-0.1, -0.05) is 23.5 Å². The smallest absolute Gasteiger partial charge is 0.277 e. The van der Waals surface area contributed by atoms with Gasteiger partial charge >= 0.3 is 0 Å². The van der Waals surface area contributed by atoms with Gasteiger partial charge in [-0.25, -0.2) is 25.4 Å². The molecule has 6 heterocycles. The lowest BCUT2D eigenvalue weighted by Crippen LogP contribution is -2.36. The number of aromatic nitrogens is 6. The molecule has 2 saturated heterocycles. The molecule has 1 aromatic carbocycles. The Morgan fingerprint density at radius 3 is 2.69 bits per heavy atom. The number of hydrogen-bond acceptors (Lipinski definition) is 12. The minimum atomic E-state index is -0.631. The van der Waals surface area contributed by atoms with Crippen LogP contribution in [0.2, 0.25) is 0 Å². The van der Waals surface area contributed by atoms with E-state index in [9.17, 15) is 4.79 Å². The molecular formula is C28H29N9O4S. The Hall–Kier alpha value is -4.40. The zero-order valence-electron chi connectivity index (χ0n) is 22.7. The number of ether oxygens (including phenoxy) is 2. The maximum atomic E-state index is 11.5. The Labute approximate surface area is 244 Å². The number of nitrogens with zero attached hydrogens (tertiary/aromatic N) is 7. The second kappa shape index (κ2) is 11.5. The normalized spacial score (nSPS) is 16.3. The molecule has 14 heteroatoms. The van der Waals surface area contributed by atoms with E-state index in [0.29, 0.717) is 37.5 Å². The van der Waals surface area contributed by atoms with Crippen LogP contribution in [0, 0.1) is 5.92 Å². The topological polar surface area (TPSA) is 155 Å². The first-order chi connectivity index (χ1) is 20.7. The molecule has 7 rings (SSSR count). The fourth-order valence-electron chi connectivity index (χ4n) is 5.40. The number of morpholine rings is 1. The van der Waals surface area contributed by atoms with Crippen molar-refractivity contribution >= 4 is 50.1 Å². The van der Waals surface area contributed by atoms with Gasteiger partial charge in [0, 0.05) is 55.6 Å². The van der Waals surface area contributed by atoms with Crippen molar-refractivity contribution in [3.05, 3.63) is 48.4 Å². The van der Waals surface area contributed by atoms with Crippen LogP contribution in [-0.4, -0.2) is 87.2 Å². The SMILES string of the molecule is O=C(NO)c1cnc(N2CCC(COc3cc4nc(-c5cccc6[nH]ncc56)nc(N5CCOCC5)c4s3)CC2)nc1. The number of thiophene rings is 1. The second-order valence-corrected chi connectivity index (χ2v) is 11.4.